The van der Waals surface area contributed by atoms with E-state index in [9.17, 15) is 0 Å². The van der Waals surface area contributed by atoms with Crippen molar-refractivity contribution < 1.29 is 4.74 Å². The molecule has 0 radical (unpaired) electrons. The predicted molar refractivity (Wildman–Crippen MR) is 114 cm³/mol. The standard InChI is InChI=1S/C22H32N6O/c1-3-24-22(27-10-8-17(2)20(14-27)28-11-9-23-16-28)26-13-19-6-7-21(25-12-19)29-15-18-4-5-18/h6-7,9,11-12,16-18,20H,3-5,8,10,13-15H2,1-2H3,(H,24,26). The Balaban J connectivity index is 1.39. The van der Waals surface area contributed by atoms with Crippen molar-refractivity contribution in [3.05, 3.63) is 42.6 Å². The van der Waals surface area contributed by atoms with E-state index in [0.717, 1.165) is 50.1 Å². The van der Waals surface area contributed by atoms with E-state index in [1.807, 2.05) is 24.8 Å². The molecule has 3 heterocycles. The minimum Gasteiger partial charge on any atom is -0.477 e. The topological polar surface area (TPSA) is 67.6 Å². The molecule has 2 fully saturated rings. The number of hydrogen-bond donors (Lipinski definition) is 1. The zero-order chi connectivity index (χ0) is 20.1. The zero-order valence-corrected chi connectivity index (χ0v) is 17.5. The summed E-state index contributed by atoms with van der Waals surface area (Å²) in [6.45, 7) is 8.65. The smallest absolute Gasteiger partial charge is 0.213 e. The van der Waals surface area contributed by atoms with Gasteiger partial charge in [-0.15, -0.1) is 0 Å². The van der Waals surface area contributed by atoms with Crippen LogP contribution in [0.15, 0.2) is 42.0 Å². The molecule has 2 aliphatic rings. The fourth-order valence-electron chi connectivity index (χ4n) is 3.76. The summed E-state index contributed by atoms with van der Waals surface area (Å²) in [5.74, 6) is 3.04. The number of aliphatic imine (C=N–C) groups is 1. The molecule has 7 nitrogen and oxygen atoms in total. The van der Waals surface area contributed by atoms with Crippen molar-refractivity contribution in [1.82, 2.24) is 24.8 Å². The molecule has 29 heavy (non-hydrogen) atoms. The lowest BCUT2D eigenvalue weighted by Crippen LogP contribution is -2.49. The summed E-state index contributed by atoms with van der Waals surface area (Å²) in [6, 6.07) is 4.44. The van der Waals surface area contributed by atoms with Crippen molar-refractivity contribution in [1.29, 1.82) is 0 Å². The molecule has 156 valence electrons. The molecular formula is C22H32N6O. The van der Waals surface area contributed by atoms with Gasteiger partial charge in [0.15, 0.2) is 5.96 Å². The second-order valence-corrected chi connectivity index (χ2v) is 8.22. The molecule has 0 amide bonds. The van der Waals surface area contributed by atoms with Crippen LogP contribution in [0.5, 0.6) is 5.88 Å². The maximum atomic E-state index is 5.73. The SMILES string of the molecule is CCNC(=NCc1ccc(OCC2CC2)nc1)N1CCC(C)C(n2ccnc2)C1. The number of likely N-dealkylation sites (tertiary alicyclic amines) is 1. The first-order chi connectivity index (χ1) is 14.2. The van der Waals surface area contributed by atoms with Crippen LogP contribution >= 0.6 is 0 Å². The third-order valence-corrected chi connectivity index (χ3v) is 5.83. The van der Waals surface area contributed by atoms with Crippen molar-refractivity contribution in [2.24, 2.45) is 16.8 Å². The van der Waals surface area contributed by atoms with Crippen molar-refractivity contribution in [2.45, 2.75) is 45.7 Å². The summed E-state index contributed by atoms with van der Waals surface area (Å²) in [5, 5.41) is 3.46. The summed E-state index contributed by atoms with van der Waals surface area (Å²) >= 11 is 0. The molecule has 2 atom stereocenters. The van der Waals surface area contributed by atoms with Crippen molar-refractivity contribution in [3.63, 3.8) is 0 Å². The highest BCUT2D eigenvalue weighted by Gasteiger charge is 2.28. The third-order valence-electron chi connectivity index (χ3n) is 5.83. The maximum Gasteiger partial charge on any atom is 0.213 e. The van der Waals surface area contributed by atoms with E-state index in [1.165, 1.54) is 12.8 Å². The van der Waals surface area contributed by atoms with E-state index in [2.05, 4.69) is 50.9 Å². The Morgan fingerprint density at radius 3 is 2.90 bits per heavy atom. The van der Waals surface area contributed by atoms with Gasteiger partial charge in [-0.2, -0.15) is 0 Å². The lowest BCUT2D eigenvalue weighted by atomic mass is 9.93. The highest BCUT2D eigenvalue weighted by molar-refractivity contribution is 5.80. The number of hydrogen-bond acceptors (Lipinski definition) is 4. The Labute approximate surface area is 173 Å². The van der Waals surface area contributed by atoms with Crippen LogP contribution in [-0.4, -0.2) is 51.6 Å². The van der Waals surface area contributed by atoms with E-state index >= 15 is 0 Å². The van der Waals surface area contributed by atoms with Crippen LogP contribution < -0.4 is 10.1 Å². The summed E-state index contributed by atoms with van der Waals surface area (Å²) in [7, 11) is 0. The number of piperidine rings is 1. The molecule has 4 rings (SSSR count). The van der Waals surface area contributed by atoms with Crippen LogP contribution in [0.3, 0.4) is 0 Å². The van der Waals surface area contributed by atoms with E-state index in [0.29, 0.717) is 24.4 Å². The molecule has 2 aromatic rings. The van der Waals surface area contributed by atoms with Crippen LogP contribution in [0.1, 0.15) is 44.7 Å². The Hall–Kier alpha value is -2.57. The molecule has 1 aliphatic carbocycles. The van der Waals surface area contributed by atoms with Crippen LogP contribution in [0, 0.1) is 11.8 Å². The quantitative estimate of drug-likeness (QED) is 0.575. The molecule has 2 unspecified atom stereocenters. The number of rotatable bonds is 7. The second-order valence-electron chi connectivity index (χ2n) is 8.22. The van der Waals surface area contributed by atoms with Gasteiger partial charge in [-0.25, -0.2) is 15.0 Å². The van der Waals surface area contributed by atoms with Crippen molar-refractivity contribution in [2.75, 3.05) is 26.2 Å². The lowest BCUT2D eigenvalue weighted by molar-refractivity contribution is 0.189. The minimum absolute atomic E-state index is 0.416. The zero-order valence-electron chi connectivity index (χ0n) is 17.5. The highest BCUT2D eigenvalue weighted by atomic mass is 16.5. The molecule has 2 aromatic heterocycles. The minimum atomic E-state index is 0.416. The number of nitrogens with zero attached hydrogens (tertiary/aromatic N) is 5. The number of guanidine groups is 1. The molecule has 1 aliphatic heterocycles. The number of pyridine rings is 1. The normalized spacial score (nSPS) is 22.6. The summed E-state index contributed by atoms with van der Waals surface area (Å²) < 4.78 is 7.95. The van der Waals surface area contributed by atoms with Crippen molar-refractivity contribution in [3.8, 4) is 5.88 Å². The Morgan fingerprint density at radius 1 is 1.31 bits per heavy atom. The van der Waals surface area contributed by atoms with Crippen molar-refractivity contribution >= 4 is 5.96 Å². The van der Waals surface area contributed by atoms with E-state index in [1.54, 1.807) is 0 Å². The molecule has 0 aromatic carbocycles. The number of imidazole rings is 1. The van der Waals surface area contributed by atoms with E-state index in [4.69, 9.17) is 9.73 Å². The summed E-state index contributed by atoms with van der Waals surface area (Å²) in [4.78, 5) is 15.9. The molecule has 0 spiro atoms. The van der Waals surface area contributed by atoms with E-state index < -0.39 is 0 Å². The van der Waals surface area contributed by atoms with Gasteiger partial charge < -0.3 is 19.5 Å². The van der Waals surface area contributed by atoms with Crippen LogP contribution in [0.2, 0.25) is 0 Å². The molecule has 1 saturated carbocycles. The van der Waals surface area contributed by atoms with Crippen LogP contribution in [-0.2, 0) is 6.54 Å². The van der Waals surface area contributed by atoms with Crippen LogP contribution in [0.25, 0.3) is 0 Å². The molecule has 1 saturated heterocycles. The Kier molecular flexibility index (Phi) is 6.32. The van der Waals surface area contributed by atoms with Gasteiger partial charge in [0.1, 0.15) is 0 Å². The monoisotopic (exact) mass is 396 g/mol. The lowest BCUT2D eigenvalue weighted by Gasteiger charge is -2.39. The van der Waals surface area contributed by atoms with E-state index in [-0.39, 0.29) is 0 Å². The van der Waals surface area contributed by atoms with Gasteiger partial charge >= 0.3 is 0 Å². The summed E-state index contributed by atoms with van der Waals surface area (Å²) in [6.07, 6.45) is 11.4. The molecule has 0 bridgehead atoms. The fraction of sp³-hybridized carbons (Fsp3) is 0.591. The Morgan fingerprint density at radius 2 is 2.21 bits per heavy atom. The van der Waals surface area contributed by atoms with Gasteiger partial charge in [-0.3, -0.25) is 0 Å². The number of nitrogens with one attached hydrogen (secondary N) is 1. The highest BCUT2D eigenvalue weighted by Crippen LogP contribution is 2.29. The fourth-order valence-corrected chi connectivity index (χ4v) is 3.76. The largest absolute Gasteiger partial charge is 0.477 e. The summed E-state index contributed by atoms with van der Waals surface area (Å²) in [5.41, 5.74) is 1.09. The van der Waals surface area contributed by atoms with Gasteiger partial charge in [0.25, 0.3) is 0 Å². The van der Waals surface area contributed by atoms with Gasteiger partial charge in [0.2, 0.25) is 5.88 Å². The molecule has 1 N–H and O–H groups in total. The average Bonchev–Trinajstić information content (AvgIpc) is 3.42. The van der Waals surface area contributed by atoms with Crippen LogP contribution in [0.4, 0.5) is 0 Å². The predicted octanol–water partition coefficient (Wildman–Crippen LogP) is 3.12. The molecule has 7 heteroatoms. The second kappa shape index (κ2) is 9.29. The van der Waals surface area contributed by atoms with Gasteiger partial charge in [0, 0.05) is 44.3 Å². The van der Waals surface area contributed by atoms with Gasteiger partial charge in [-0.1, -0.05) is 13.0 Å². The number of aromatic nitrogens is 3. The first-order valence-electron chi connectivity index (χ1n) is 10.8. The maximum absolute atomic E-state index is 5.73. The van der Waals surface area contributed by atoms with Gasteiger partial charge in [0.05, 0.1) is 25.5 Å². The molecular weight excluding hydrogens is 364 g/mol. The third kappa shape index (κ3) is 5.28. The first kappa shape index (κ1) is 19.7. The number of ether oxygens (including phenoxy) is 1. The Bertz CT molecular complexity index is 784. The average molecular weight is 397 g/mol. The van der Waals surface area contributed by atoms with Gasteiger partial charge in [-0.05, 0) is 43.6 Å². The first-order valence-corrected chi connectivity index (χ1v) is 10.8.